The molecule has 49 heavy (non-hydrogen) atoms. The molecule has 2 saturated heterocycles. The summed E-state index contributed by atoms with van der Waals surface area (Å²) >= 11 is 0. The fourth-order valence-electron chi connectivity index (χ4n) is 6.01. The van der Waals surface area contributed by atoms with E-state index in [1.165, 1.54) is 24.2 Å². The highest BCUT2D eigenvalue weighted by molar-refractivity contribution is 6.23. The molecule has 16 nitrogen and oxygen atoms in total. The Labute approximate surface area is 280 Å². The van der Waals surface area contributed by atoms with Gasteiger partial charge in [0, 0.05) is 50.6 Å². The van der Waals surface area contributed by atoms with Gasteiger partial charge in [-0.3, -0.25) is 38.9 Å². The van der Waals surface area contributed by atoms with Crippen LogP contribution < -0.4 is 21.3 Å². The highest BCUT2D eigenvalue weighted by Crippen LogP contribution is 2.31. The number of hydrogen-bond acceptors (Lipinski definition) is 10. The first-order valence-electron chi connectivity index (χ1n) is 15.8. The van der Waals surface area contributed by atoms with Crippen molar-refractivity contribution in [3.63, 3.8) is 0 Å². The Kier molecular flexibility index (Phi) is 10.6. The van der Waals surface area contributed by atoms with E-state index in [4.69, 9.17) is 5.73 Å². The lowest BCUT2D eigenvalue weighted by Gasteiger charge is -2.30. The predicted octanol–water partition coefficient (Wildman–Crippen LogP) is 0.947. The van der Waals surface area contributed by atoms with Crippen LogP contribution in [0.25, 0.3) is 0 Å². The zero-order valence-corrected chi connectivity index (χ0v) is 26.7. The fourth-order valence-corrected chi connectivity index (χ4v) is 6.01. The number of non-ortho nitro benzene ring substituents is 1. The van der Waals surface area contributed by atoms with Gasteiger partial charge >= 0.3 is 0 Å². The van der Waals surface area contributed by atoms with Crippen molar-refractivity contribution in [1.82, 2.24) is 25.5 Å². The van der Waals surface area contributed by atoms with Gasteiger partial charge in [-0.2, -0.15) is 0 Å². The molecule has 256 valence electrons. The number of carbonyl (C=O) groups excluding carboxylic acids is 6. The molecule has 5 rings (SSSR count). The van der Waals surface area contributed by atoms with Crippen LogP contribution in [0.1, 0.15) is 54.2 Å². The number of nitrogens with two attached hydrogens (primary N) is 1. The van der Waals surface area contributed by atoms with Crippen LogP contribution in [0.3, 0.4) is 0 Å². The fraction of sp³-hybridized carbons (Fsp3) is 0.364. The van der Waals surface area contributed by atoms with E-state index in [-0.39, 0.29) is 49.9 Å². The first kappa shape index (κ1) is 34.6. The van der Waals surface area contributed by atoms with Gasteiger partial charge in [-0.05, 0) is 31.4 Å². The zero-order chi connectivity index (χ0) is 35.2. The summed E-state index contributed by atoms with van der Waals surface area (Å²) in [7, 11) is 0. The summed E-state index contributed by atoms with van der Waals surface area (Å²) in [6.07, 6.45) is 3.58. The average molecular weight is 673 g/mol. The van der Waals surface area contributed by atoms with Gasteiger partial charge in [-0.15, -0.1) is 0 Å². The molecule has 2 fully saturated rings. The molecule has 2 aliphatic rings. The maximum Gasteiger partial charge on any atom is 0.270 e. The van der Waals surface area contributed by atoms with Crippen LogP contribution in [-0.2, 0) is 36.8 Å². The maximum absolute atomic E-state index is 14.3. The Hall–Kier alpha value is -5.77. The number of ketones is 1. The Morgan fingerprint density at radius 1 is 1.04 bits per heavy atom. The van der Waals surface area contributed by atoms with Gasteiger partial charge in [0.1, 0.15) is 12.1 Å². The van der Waals surface area contributed by atoms with E-state index in [1.54, 1.807) is 36.5 Å². The maximum atomic E-state index is 14.3. The number of amides is 5. The van der Waals surface area contributed by atoms with Crippen LogP contribution in [-0.4, -0.2) is 85.8 Å². The predicted molar refractivity (Wildman–Crippen MR) is 174 cm³/mol. The molecule has 3 heterocycles. The number of imidazole rings is 1. The standard InChI is InChI=1S/C33H36N8O8/c1-19(34)31(45)38-25(15-21-17-35-18-36-21)33(47)39-13-5-8-27(39)32(46)37-24(14-20-6-3-2-4-7-20)30(44)23-16-22(41(48)49)9-10-26(23)40-28(42)11-12-29(40)43/h2-4,6-7,9-10,16-19,24-25,27H,5,8,11-15,34H2,1H3,(H,35,36)(H,37,46)(H,38,45)/t19-,24-,25-,27-/m0/s1. The molecule has 0 radical (unpaired) electrons. The number of nitrogens with one attached hydrogen (secondary N) is 3. The van der Waals surface area contributed by atoms with Crippen LogP contribution in [0.15, 0.2) is 61.1 Å². The summed E-state index contributed by atoms with van der Waals surface area (Å²) in [5.41, 5.74) is 6.05. The van der Waals surface area contributed by atoms with Gasteiger partial charge in [-0.1, -0.05) is 30.3 Å². The third-order valence-electron chi connectivity index (χ3n) is 8.50. The van der Waals surface area contributed by atoms with Crippen LogP contribution >= 0.6 is 0 Å². The average Bonchev–Trinajstić information content (AvgIpc) is 3.86. The SMILES string of the molecule is C[C@H](N)C(=O)N[C@@H](Cc1c[nH]cn1)C(=O)N1CCC[C@H]1C(=O)N[C@@H](Cc1ccccc1)C(=O)c1cc([N+](=O)[O-])ccc1N1C(=O)CCC1=O. The second-order valence-corrected chi connectivity index (χ2v) is 12.0. The summed E-state index contributed by atoms with van der Waals surface area (Å²) in [6, 6.07) is 7.70. The first-order chi connectivity index (χ1) is 23.4. The molecular weight excluding hydrogens is 636 g/mol. The van der Waals surface area contributed by atoms with Crippen molar-refractivity contribution in [3.05, 3.63) is 88.0 Å². The Balaban J connectivity index is 1.45. The van der Waals surface area contributed by atoms with E-state index >= 15 is 0 Å². The normalized spacial score (nSPS) is 17.8. The highest BCUT2D eigenvalue weighted by atomic mass is 16.6. The van der Waals surface area contributed by atoms with Gasteiger partial charge in [0.15, 0.2) is 5.78 Å². The summed E-state index contributed by atoms with van der Waals surface area (Å²) in [4.78, 5) is 100. The third-order valence-corrected chi connectivity index (χ3v) is 8.50. The van der Waals surface area contributed by atoms with Crippen molar-refractivity contribution in [3.8, 4) is 0 Å². The minimum Gasteiger partial charge on any atom is -0.351 e. The van der Waals surface area contributed by atoms with E-state index in [1.807, 2.05) is 0 Å². The third kappa shape index (κ3) is 7.86. The number of carbonyl (C=O) groups is 6. The van der Waals surface area contributed by atoms with Gasteiger partial charge < -0.3 is 26.3 Å². The summed E-state index contributed by atoms with van der Waals surface area (Å²) in [6.45, 7) is 1.68. The highest BCUT2D eigenvalue weighted by Gasteiger charge is 2.40. The van der Waals surface area contributed by atoms with E-state index in [2.05, 4.69) is 20.6 Å². The van der Waals surface area contributed by atoms with Crippen LogP contribution in [0.2, 0.25) is 0 Å². The van der Waals surface area contributed by atoms with Crippen LogP contribution in [0, 0.1) is 10.1 Å². The number of benzene rings is 2. The number of aromatic nitrogens is 2. The minimum atomic E-state index is -1.31. The number of nitro benzene ring substituents is 1. The van der Waals surface area contributed by atoms with Crippen molar-refractivity contribution in [2.75, 3.05) is 11.4 Å². The Bertz CT molecular complexity index is 1740. The lowest BCUT2D eigenvalue weighted by molar-refractivity contribution is -0.384. The molecule has 0 saturated carbocycles. The van der Waals surface area contributed by atoms with E-state index in [9.17, 15) is 38.9 Å². The molecule has 0 bridgehead atoms. The Morgan fingerprint density at radius 3 is 2.39 bits per heavy atom. The molecular formula is C33H36N8O8. The summed E-state index contributed by atoms with van der Waals surface area (Å²) in [5.74, 6) is -3.63. The lowest BCUT2D eigenvalue weighted by Crippen LogP contribution is -2.57. The molecule has 2 aliphatic heterocycles. The molecule has 16 heteroatoms. The zero-order valence-electron chi connectivity index (χ0n) is 26.7. The number of rotatable bonds is 13. The number of H-pyrrole nitrogens is 1. The van der Waals surface area contributed by atoms with Gasteiger partial charge in [0.05, 0.1) is 40.3 Å². The van der Waals surface area contributed by atoms with E-state index < -0.39 is 70.1 Å². The van der Waals surface area contributed by atoms with Crippen molar-refractivity contribution in [1.29, 1.82) is 0 Å². The number of nitrogens with zero attached hydrogens (tertiary/aromatic N) is 4. The second-order valence-electron chi connectivity index (χ2n) is 12.0. The van der Waals surface area contributed by atoms with E-state index in [0.29, 0.717) is 17.7 Å². The molecule has 3 aromatic rings. The largest absolute Gasteiger partial charge is 0.351 e. The van der Waals surface area contributed by atoms with Crippen molar-refractivity contribution < 1.29 is 33.7 Å². The molecule has 4 atom stereocenters. The monoisotopic (exact) mass is 672 g/mol. The molecule has 1 aromatic heterocycles. The lowest BCUT2D eigenvalue weighted by atomic mass is 9.95. The topological polar surface area (TPSA) is 231 Å². The summed E-state index contributed by atoms with van der Waals surface area (Å²) in [5, 5.41) is 17.1. The van der Waals surface area contributed by atoms with Gasteiger partial charge in [0.2, 0.25) is 29.5 Å². The molecule has 0 spiro atoms. The number of anilines is 1. The number of likely N-dealkylation sites (tertiary alicyclic amines) is 1. The van der Waals surface area contributed by atoms with Gasteiger partial charge in [0.25, 0.3) is 5.69 Å². The number of imide groups is 1. The van der Waals surface area contributed by atoms with E-state index in [0.717, 1.165) is 17.0 Å². The van der Waals surface area contributed by atoms with Crippen molar-refractivity contribution >= 4 is 46.7 Å². The van der Waals surface area contributed by atoms with Gasteiger partial charge in [-0.25, -0.2) is 9.88 Å². The second kappa shape index (κ2) is 15.0. The first-order valence-corrected chi connectivity index (χ1v) is 15.8. The van der Waals surface area contributed by atoms with Crippen molar-refractivity contribution in [2.24, 2.45) is 5.73 Å². The molecule has 5 N–H and O–H groups in total. The molecule has 2 aromatic carbocycles. The quantitative estimate of drug-likeness (QED) is 0.0869. The van der Waals surface area contributed by atoms with Crippen LogP contribution in [0.5, 0.6) is 0 Å². The number of nitro groups is 1. The molecule has 0 aliphatic carbocycles. The summed E-state index contributed by atoms with van der Waals surface area (Å²) < 4.78 is 0. The number of Topliss-reactive ketones (excluding diaryl/α,β-unsaturated/α-hetero) is 1. The molecule has 0 unspecified atom stereocenters. The molecule has 5 amide bonds. The number of hydrogen-bond donors (Lipinski definition) is 4. The Morgan fingerprint density at radius 2 is 1.76 bits per heavy atom. The van der Waals surface area contributed by atoms with Crippen LogP contribution in [0.4, 0.5) is 11.4 Å². The minimum absolute atomic E-state index is 0.0320. The number of aromatic amines is 1. The van der Waals surface area contributed by atoms with Crippen molar-refractivity contribution in [2.45, 2.75) is 69.6 Å². The smallest absolute Gasteiger partial charge is 0.270 e.